The topological polar surface area (TPSA) is 84.2 Å². The van der Waals surface area contributed by atoms with Crippen LogP contribution in [0, 0.1) is 0 Å². The van der Waals surface area contributed by atoms with Crippen molar-refractivity contribution in [2.45, 2.75) is 49.9 Å². The fourth-order valence-corrected chi connectivity index (χ4v) is 3.42. The Morgan fingerprint density at radius 1 is 1.36 bits per heavy atom. The molecule has 0 bridgehead atoms. The van der Waals surface area contributed by atoms with Crippen LogP contribution in [0.2, 0.25) is 0 Å². The maximum absolute atomic E-state index is 13.4. The van der Waals surface area contributed by atoms with Crippen LogP contribution in [0.25, 0.3) is 0 Å². The SMILES string of the molecule is O=C(CC[C@]1(Cc2ccco2)CCC(=O)N1)N[C@H](c1cccnc1)C(F)(F)F. The molecule has 1 fully saturated rings. The summed E-state index contributed by atoms with van der Waals surface area (Å²) >= 11 is 0. The Kier molecular flexibility index (Phi) is 5.71. The van der Waals surface area contributed by atoms with E-state index in [9.17, 15) is 22.8 Å². The lowest BCUT2D eigenvalue weighted by atomic mass is 9.87. The Balaban J connectivity index is 1.66. The van der Waals surface area contributed by atoms with Gasteiger partial charge in [0.2, 0.25) is 11.8 Å². The fourth-order valence-electron chi connectivity index (χ4n) is 3.42. The number of pyridine rings is 1. The van der Waals surface area contributed by atoms with Crippen molar-refractivity contribution in [3.63, 3.8) is 0 Å². The largest absolute Gasteiger partial charge is 0.469 e. The maximum Gasteiger partial charge on any atom is 0.412 e. The van der Waals surface area contributed by atoms with Gasteiger partial charge in [-0.1, -0.05) is 6.07 Å². The summed E-state index contributed by atoms with van der Waals surface area (Å²) in [6, 6.07) is 3.99. The highest BCUT2D eigenvalue weighted by Crippen LogP contribution is 2.33. The van der Waals surface area contributed by atoms with Gasteiger partial charge in [0.25, 0.3) is 0 Å². The molecule has 2 N–H and O–H groups in total. The third-order valence-corrected chi connectivity index (χ3v) is 4.81. The Morgan fingerprint density at radius 2 is 2.18 bits per heavy atom. The van der Waals surface area contributed by atoms with Crippen LogP contribution in [0.4, 0.5) is 13.2 Å². The predicted octanol–water partition coefficient (Wildman–Crippen LogP) is 3.07. The molecule has 2 atom stereocenters. The van der Waals surface area contributed by atoms with Gasteiger partial charge in [-0.2, -0.15) is 13.2 Å². The van der Waals surface area contributed by atoms with Gasteiger partial charge in [0, 0.05) is 42.8 Å². The molecule has 1 aliphatic heterocycles. The fraction of sp³-hybridized carbons (Fsp3) is 0.421. The van der Waals surface area contributed by atoms with Gasteiger partial charge >= 0.3 is 6.18 Å². The second-order valence-electron chi connectivity index (χ2n) is 6.91. The summed E-state index contributed by atoms with van der Waals surface area (Å²) in [5.74, 6) is -0.243. The Morgan fingerprint density at radius 3 is 2.75 bits per heavy atom. The third kappa shape index (κ3) is 4.90. The Labute approximate surface area is 159 Å². The molecule has 0 radical (unpaired) electrons. The number of nitrogens with zero attached hydrogens (tertiary/aromatic N) is 1. The first-order chi connectivity index (χ1) is 13.3. The summed E-state index contributed by atoms with van der Waals surface area (Å²) in [6.45, 7) is 0. The Bertz CT molecular complexity index is 809. The summed E-state index contributed by atoms with van der Waals surface area (Å²) in [5.41, 5.74) is -0.836. The quantitative estimate of drug-likeness (QED) is 0.755. The molecule has 1 aliphatic rings. The second kappa shape index (κ2) is 8.04. The van der Waals surface area contributed by atoms with E-state index in [4.69, 9.17) is 4.42 Å². The van der Waals surface area contributed by atoms with E-state index in [1.165, 1.54) is 24.6 Å². The highest BCUT2D eigenvalue weighted by Gasteiger charge is 2.43. The second-order valence-corrected chi connectivity index (χ2v) is 6.91. The third-order valence-electron chi connectivity index (χ3n) is 4.81. The van der Waals surface area contributed by atoms with E-state index < -0.39 is 23.7 Å². The van der Waals surface area contributed by atoms with E-state index in [0.29, 0.717) is 25.0 Å². The maximum atomic E-state index is 13.4. The number of hydrogen-bond acceptors (Lipinski definition) is 4. The summed E-state index contributed by atoms with van der Waals surface area (Å²) < 4.78 is 45.4. The Hall–Kier alpha value is -2.84. The first kappa shape index (κ1) is 19.9. The highest BCUT2D eigenvalue weighted by atomic mass is 19.4. The summed E-state index contributed by atoms with van der Waals surface area (Å²) in [6.07, 6.45) is 0.532. The van der Waals surface area contributed by atoms with E-state index in [1.54, 1.807) is 12.1 Å². The van der Waals surface area contributed by atoms with Gasteiger partial charge in [0.05, 0.1) is 6.26 Å². The normalized spacial score (nSPS) is 20.6. The van der Waals surface area contributed by atoms with Gasteiger partial charge in [0.1, 0.15) is 5.76 Å². The van der Waals surface area contributed by atoms with Crippen LogP contribution in [0.3, 0.4) is 0 Å². The zero-order valence-electron chi connectivity index (χ0n) is 15.0. The number of furan rings is 1. The molecule has 2 amide bonds. The van der Waals surface area contributed by atoms with Crippen molar-refractivity contribution < 1.29 is 27.2 Å². The van der Waals surface area contributed by atoms with Crippen LogP contribution in [0.5, 0.6) is 0 Å². The molecule has 2 aromatic heterocycles. The molecule has 0 aromatic carbocycles. The molecule has 28 heavy (non-hydrogen) atoms. The molecule has 0 unspecified atom stereocenters. The van der Waals surface area contributed by atoms with Crippen molar-refractivity contribution in [2.75, 3.05) is 0 Å². The molecule has 150 valence electrons. The van der Waals surface area contributed by atoms with Crippen LogP contribution in [0.1, 0.15) is 43.0 Å². The molecule has 3 rings (SSSR count). The first-order valence-electron chi connectivity index (χ1n) is 8.87. The number of alkyl halides is 3. The molecular formula is C19H20F3N3O3. The van der Waals surface area contributed by atoms with Gasteiger partial charge in [-0.25, -0.2) is 0 Å². The molecule has 0 aliphatic carbocycles. The minimum absolute atomic E-state index is 0.136. The smallest absolute Gasteiger partial charge is 0.412 e. The number of rotatable bonds is 7. The molecule has 9 heteroatoms. The summed E-state index contributed by atoms with van der Waals surface area (Å²) in [7, 11) is 0. The van der Waals surface area contributed by atoms with Crippen molar-refractivity contribution >= 4 is 11.8 Å². The van der Waals surface area contributed by atoms with Gasteiger partial charge in [-0.15, -0.1) is 0 Å². The average Bonchev–Trinajstić information content (AvgIpc) is 3.28. The van der Waals surface area contributed by atoms with Crippen LogP contribution in [-0.2, 0) is 16.0 Å². The van der Waals surface area contributed by atoms with E-state index in [-0.39, 0.29) is 24.3 Å². The van der Waals surface area contributed by atoms with Gasteiger partial charge < -0.3 is 15.1 Å². The lowest BCUT2D eigenvalue weighted by Crippen LogP contribution is -2.45. The number of hydrogen-bond donors (Lipinski definition) is 2. The first-order valence-corrected chi connectivity index (χ1v) is 8.87. The summed E-state index contributed by atoms with van der Waals surface area (Å²) in [5, 5.41) is 4.91. The number of amides is 2. The van der Waals surface area contributed by atoms with Crippen molar-refractivity contribution in [2.24, 2.45) is 0 Å². The van der Waals surface area contributed by atoms with Crippen molar-refractivity contribution in [3.8, 4) is 0 Å². The average molecular weight is 395 g/mol. The number of carbonyl (C=O) groups excluding carboxylic acids is 2. The number of aromatic nitrogens is 1. The van der Waals surface area contributed by atoms with Crippen LogP contribution in [-0.4, -0.2) is 28.5 Å². The number of nitrogens with one attached hydrogen (secondary N) is 2. The highest BCUT2D eigenvalue weighted by molar-refractivity contribution is 5.80. The monoisotopic (exact) mass is 395 g/mol. The molecule has 6 nitrogen and oxygen atoms in total. The standard InChI is InChI=1S/C19H20F3N3O3/c20-19(21,22)17(13-3-1-9-23-12-13)24-15(26)5-7-18(8-6-16(27)25-18)11-14-4-2-10-28-14/h1-4,9-10,12,17H,5-8,11H2,(H,24,26)(H,25,27)/t17-,18-/m1/s1. The van der Waals surface area contributed by atoms with Crippen molar-refractivity contribution in [3.05, 3.63) is 54.2 Å². The van der Waals surface area contributed by atoms with Crippen molar-refractivity contribution in [1.82, 2.24) is 15.6 Å². The van der Waals surface area contributed by atoms with E-state index in [2.05, 4.69) is 10.3 Å². The van der Waals surface area contributed by atoms with Gasteiger partial charge in [-0.05, 0) is 31.0 Å². The molecule has 0 saturated carbocycles. The number of halogens is 3. The molecule has 2 aromatic rings. The van der Waals surface area contributed by atoms with Crippen molar-refractivity contribution in [1.29, 1.82) is 0 Å². The molecule has 0 spiro atoms. The van der Waals surface area contributed by atoms with E-state index >= 15 is 0 Å². The lowest BCUT2D eigenvalue weighted by molar-refractivity contribution is -0.163. The molecular weight excluding hydrogens is 375 g/mol. The molecule has 1 saturated heterocycles. The molecule has 3 heterocycles. The van der Waals surface area contributed by atoms with Gasteiger partial charge in [0.15, 0.2) is 6.04 Å². The van der Waals surface area contributed by atoms with Gasteiger partial charge in [-0.3, -0.25) is 14.6 Å². The predicted molar refractivity (Wildman–Crippen MR) is 92.9 cm³/mol. The van der Waals surface area contributed by atoms with Crippen LogP contribution >= 0.6 is 0 Å². The zero-order valence-corrected chi connectivity index (χ0v) is 15.0. The lowest BCUT2D eigenvalue weighted by Gasteiger charge is -2.29. The van der Waals surface area contributed by atoms with Crippen LogP contribution < -0.4 is 10.6 Å². The van der Waals surface area contributed by atoms with E-state index in [0.717, 1.165) is 6.20 Å². The summed E-state index contributed by atoms with van der Waals surface area (Å²) in [4.78, 5) is 27.7. The zero-order chi connectivity index (χ0) is 20.2. The van der Waals surface area contributed by atoms with E-state index in [1.807, 2.05) is 5.32 Å². The van der Waals surface area contributed by atoms with Crippen LogP contribution in [0.15, 0.2) is 47.3 Å². The number of carbonyl (C=O) groups is 2. The minimum atomic E-state index is -4.65. The minimum Gasteiger partial charge on any atom is -0.469 e.